The highest BCUT2D eigenvalue weighted by Crippen LogP contribution is 2.36. The van der Waals surface area contributed by atoms with Crippen LogP contribution < -0.4 is 5.73 Å². The first-order chi connectivity index (χ1) is 8.38. The average Bonchev–Trinajstić information content (AvgIpc) is 2.26. The Morgan fingerprint density at radius 1 is 1.11 bits per heavy atom. The monoisotopic (exact) mass is 291 g/mol. The highest BCUT2D eigenvalue weighted by molar-refractivity contribution is 5.88. The predicted molar refractivity (Wildman–Crippen MR) is 70.5 cm³/mol. The molecule has 0 amide bonds. The summed E-state index contributed by atoms with van der Waals surface area (Å²) in [6.45, 7) is 0. The van der Waals surface area contributed by atoms with Crippen LogP contribution >= 0.6 is 12.4 Å². The third-order valence-corrected chi connectivity index (χ3v) is 2.77. The molecule has 0 aliphatic carbocycles. The van der Waals surface area contributed by atoms with Gasteiger partial charge < -0.3 is 10.8 Å². The number of alkyl halides is 3. The maximum absolute atomic E-state index is 12.4. The zero-order valence-electron chi connectivity index (χ0n) is 9.82. The molecule has 0 bridgehead atoms. The van der Waals surface area contributed by atoms with Crippen molar-refractivity contribution in [2.45, 2.75) is 18.6 Å². The Bertz CT molecular complexity index is 571. The Labute approximate surface area is 114 Å². The third kappa shape index (κ3) is 3.52. The van der Waals surface area contributed by atoms with Gasteiger partial charge in [-0.3, -0.25) is 0 Å². The van der Waals surface area contributed by atoms with E-state index in [9.17, 15) is 18.3 Å². The Morgan fingerprint density at radius 2 is 1.74 bits per heavy atom. The van der Waals surface area contributed by atoms with Crippen LogP contribution in [0.1, 0.15) is 18.0 Å². The minimum atomic E-state index is -4.36. The standard InChI is InChI=1S/C13H12F3NO.ClH/c14-13(15,16)7-10(17)12-9-4-2-1-3-8(9)5-6-11(12)18;/h1-6,10,18H,7,17H2;1H/t10-;/m1./s1. The van der Waals surface area contributed by atoms with E-state index in [4.69, 9.17) is 5.73 Å². The summed E-state index contributed by atoms with van der Waals surface area (Å²) in [4.78, 5) is 0. The minimum Gasteiger partial charge on any atom is -0.508 e. The summed E-state index contributed by atoms with van der Waals surface area (Å²) >= 11 is 0. The van der Waals surface area contributed by atoms with Crippen LogP contribution in [0.5, 0.6) is 5.75 Å². The van der Waals surface area contributed by atoms with E-state index in [1.54, 1.807) is 30.3 Å². The molecule has 6 heteroatoms. The second-order valence-electron chi connectivity index (χ2n) is 4.15. The summed E-state index contributed by atoms with van der Waals surface area (Å²) in [7, 11) is 0. The highest BCUT2D eigenvalue weighted by Gasteiger charge is 2.32. The van der Waals surface area contributed by atoms with Crippen LogP contribution in [-0.4, -0.2) is 11.3 Å². The minimum absolute atomic E-state index is 0. The maximum Gasteiger partial charge on any atom is 0.390 e. The molecule has 19 heavy (non-hydrogen) atoms. The van der Waals surface area contributed by atoms with E-state index in [0.717, 1.165) is 5.39 Å². The number of benzene rings is 2. The van der Waals surface area contributed by atoms with Crippen molar-refractivity contribution in [3.63, 3.8) is 0 Å². The number of aromatic hydroxyl groups is 1. The number of rotatable bonds is 2. The number of hydrogen-bond donors (Lipinski definition) is 2. The van der Waals surface area contributed by atoms with Crippen molar-refractivity contribution in [1.29, 1.82) is 0 Å². The van der Waals surface area contributed by atoms with Crippen molar-refractivity contribution in [2.24, 2.45) is 5.73 Å². The van der Waals surface area contributed by atoms with Crippen molar-refractivity contribution >= 4 is 23.2 Å². The molecule has 2 aromatic carbocycles. The quantitative estimate of drug-likeness (QED) is 0.881. The molecular formula is C13H13ClF3NO. The van der Waals surface area contributed by atoms with Gasteiger partial charge in [0.25, 0.3) is 0 Å². The largest absolute Gasteiger partial charge is 0.508 e. The molecule has 0 aromatic heterocycles. The van der Waals surface area contributed by atoms with Crippen molar-refractivity contribution < 1.29 is 18.3 Å². The topological polar surface area (TPSA) is 46.2 Å². The van der Waals surface area contributed by atoms with Gasteiger partial charge in [-0.15, -0.1) is 12.4 Å². The van der Waals surface area contributed by atoms with Crippen LogP contribution in [0.4, 0.5) is 13.2 Å². The lowest BCUT2D eigenvalue weighted by Crippen LogP contribution is -2.20. The van der Waals surface area contributed by atoms with Gasteiger partial charge in [-0.05, 0) is 16.8 Å². The van der Waals surface area contributed by atoms with Gasteiger partial charge in [0.15, 0.2) is 0 Å². The van der Waals surface area contributed by atoms with Gasteiger partial charge in [0.05, 0.1) is 6.42 Å². The van der Waals surface area contributed by atoms with Gasteiger partial charge in [0, 0.05) is 11.6 Å². The van der Waals surface area contributed by atoms with Crippen molar-refractivity contribution in [1.82, 2.24) is 0 Å². The molecular weight excluding hydrogens is 279 g/mol. The second kappa shape index (κ2) is 5.67. The van der Waals surface area contributed by atoms with Crippen molar-refractivity contribution in [2.75, 3.05) is 0 Å². The third-order valence-electron chi connectivity index (χ3n) is 2.77. The molecule has 0 fully saturated rings. The van der Waals surface area contributed by atoms with E-state index >= 15 is 0 Å². The number of hydrogen-bond acceptors (Lipinski definition) is 2. The lowest BCUT2D eigenvalue weighted by molar-refractivity contribution is -0.138. The first-order valence-electron chi connectivity index (χ1n) is 5.41. The van der Waals surface area contributed by atoms with Crippen molar-refractivity contribution in [3.05, 3.63) is 42.0 Å². The molecule has 0 radical (unpaired) electrons. The Hall–Kier alpha value is -1.46. The number of nitrogens with two attached hydrogens (primary N) is 1. The fraction of sp³-hybridized carbons (Fsp3) is 0.231. The predicted octanol–water partition coefficient (Wildman–Crippen LogP) is 3.92. The Morgan fingerprint density at radius 3 is 2.37 bits per heavy atom. The molecule has 2 aromatic rings. The molecule has 0 aliphatic heterocycles. The zero-order valence-corrected chi connectivity index (χ0v) is 10.6. The SMILES string of the molecule is Cl.N[C@H](CC(F)(F)F)c1c(O)ccc2ccccc12. The fourth-order valence-corrected chi connectivity index (χ4v) is 2.03. The van der Waals surface area contributed by atoms with Crippen LogP contribution in [0.3, 0.4) is 0 Å². The van der Waals surface area contributed by atoms with E-state index in [1.165, 1.54) is 6.07 Å². The number of halogens is 4. The number of phenolic OH excluding ortho intramolecular Hbond substituents is 1. The number of fused-ring (bicyclic) bond motifs is 1. The second-order valence-corrected chi connectivity index (χ2v) is 4.15. The van der Waals surface area contributed by atoms with Crippen LogP contribution in [0.25, 0.3) is 10.8 Å². The van der Waals surface area contributed by atoms with Crippen LogP contribution in [-0.2, 0) is 0 Å². The van der Waals surface area contributed by atoms with E-state index < -0.39 is 18.6 Å². The zero-order chi connectivity index (χ0) is 13.3. The van der Waals surface area contributed by atoms with Gasteiger partial charge in [-0.2, -0.15) is 13.2 Å². The summed E-state index contributed by atoms with van der Waals surface area (Å²) in [6, 6.07) is 8.64. The number of phenols is 1. The molecule has 0 saturated carbocycles. The smallest absolute Gasteiger partial charge is 0.390 e. The lowest BCUT2D eigenvalue weighted by Gasteiger charge is -2.17. The maximum atomic E-state index is 12.4. The normalized spacial score (nSPS) is 13.1. The van der Waals surface area contributed by atoms with Crippen molar-refractivity contribution in [3.8, 4) is 5.75 Å². The summed E-state index contributed by atoms with van der Waals surface area (Å²) in [5.41, 5.74) is 5.71. The van der Waals surface area contributed by atoms with Gasteiger partial charge in [-0.25, -0.2) is 0 Å². The molecule has 0 unspecified atom stereocenters. The molecule has 1 atom stereocenters. The van der Waals surface area contributed by atoms with E-state index in [-0.39, 0.29) is 23.7 Å². The molecule has 3 N–H and O–H groups in total. The fourth-order valence-electron chi connectivity index (χ4n) is 2.03. The molecule has 0 aliphatic rings. The van der Waals surface area contributed by atoms with Crippen LogP contribution in [0, 0.1) is 0 Å². The van der Waals surface area contributed by atoms with E-state index in [0.29, 0.717) is 5.39 Å². The first kappa shape index (κ1) is 15.6. The van der Waals surface area contributed by atoms with Gasteiger partial charge in [0.1, 0.15) is 5.75 Å². The molecule has 2 nitrogen and oxygen atoms in total. The highest BCUT2D eigenvalue weighted by atomic mass is 35.5. The molecule has 104 valence electrons. The van der Waals surface area contributed by atoms with E-state index in [2.05, 4.69) is 0 Å². The summed E-state index contributed by atoms with van der Waals surface area (Å²) < 4.78 is 37.1. The molecule has 0 heterocycles. The lowest BCUT2D eigenvalue weighted by atomic mass is 9.96. The first-order valence-corrected chi connectivity index (χ1v) is 5.41. The molecule has 2 rings (SSSR count). The van der Waals surface area contributed by atoms with E-state index in [1.807, 2.05) is 0 Å². The van der Waals surface area contributed by atoms with Crippen LogP contribution in [0.2, 0.25) is 0 Å². The molecule has 0 saturated heterocycles. The Kier molecular flexibility index (Phi) is 4.66. The summed E-state index contributed by atoms with van der Waals surface area (Å²) in [6.07, 6.45) is -5.52. The summed E-state index contributed by atoms with van der Waals surface area (Å²) in [5, 5.41) is 11.0. The average molecular weight is 292 g/mol. The molecule has 0 spiro atoms. The van der Waals surface area contributed by atoms with Gasteiger partial charge in [-0.1, -0.05) is 30.3 Å². The Balaban J connectivity index is 0.00000180. The van der Waals surface area contributed by atoms with Gasteiger partial charge in [0.2, 0.25) is 0 Å². The summed E-state index contributed by atoms with van der Waals surface area (Å²) in [5.74, 6) is -0.203. The van der Waals surface area contributed by atoms with Gasteiger partial charge >= 0.3 is 6.18 Å². The van der Waals surface area contributed by atoms with Crippen LogP contribution in [0.15, 0.2) is 36.4 Å².